The molecule has 0 aliphatic carbocycles. The van der Waals surface area contributed by atoms with Crippen molar-refractivity contribution in [1.82, 2.24) is 5.16 Å². The largest absolute Gasteiger partial charge is 0.392 e. The van der Waals surface area contributed by atoms with Crippen molar-refractivity contribution in [3.8, 4) is 11.1 Å². The fourth-order valence-electron chi connectivity index (χ4n) is 3.46. The second-order valence-corrected chi connectivity index (χ2v) is 9.19. The highest BCUT2D eigenvalue weighted by Gasteiger charge is 2.34. The molecule has 2 N–H and O–H groups in total. The number of anilines is 1. The SMILES string of the molecule is CCOCc1cc(CO)ccc1-c1ccccc1S(=O)(=O)N(c1noc(C)c1C)C(C)O. The van der Waals surface area contributed by atoms with Gasteiger partial charge in [0.1, 0.15) is 12.0 Å². The molecule has 32 heavy (non-hydrogen) atoms. The summed E-state index contributed by atoms with van der Waals surface area (Å²) in [5, 5.41) is 23.8. The van der Waals surface area contributed by atoms with Crippen LogP contribution in [0.4, 0.5) is 5.82 Å². The molecular weight excluding hydrogens is 432 g/mol. The lowest BCUT2D eigenvalue weighted by atomic mass is 9.98. The summed E-state index contributed by atoms with van der Waals surface area (Å²) >= 11 is 0. The lowest BCUT2D eigenvalue weighted by Crippen LogP contribution is -2.39. The van der Waals surface area contributed by atoms with Crippen LogP contribution in [0.3, 0.4) is 0 Å². The topological polar surface area (TPSA) is 113 Å². The molecule has 1 atom stereocenters. The fourth-order valence-corrected chi connectivity index (χ4v) is 5.18. The van der Waals surface area contributed by atoms with E-state index in [9.17, 15) is 18.6 Å². The number of nitrogens with zero attached hydrogens (tertiary/aromatic N) is 2. The van der Waals surface area contributed by atoms with Crippen LogP contribution in [-0.4, -0.2) is 36.6 Å². The van der Waals surface area contributed by atoms with Crippen molar-refractivity contribution in [3.63, 3.8) is 0 Å². The summed E-state index contributed by atoms with van der Waals surface area (Å²) in [5.74, 6) is 0.505. The minimum Gasteiger partial charge on any atom is -0.392 e. The maximum absolute atomic E-state index is 13.8. The lowest BCUT2D eigenvalue weighted by Gasteiger charge is -2.26. The van der Waals surface area contributed by atoms with Crippen LogP contribution in [0, 0.1) is 13.8 Å². The Kier molecular flexibility index (Phi) is 7.35. The van der Waals surface area contributed by atoms with Crippen LogP contribution in [0.2, 0.25) is 0 Å². The first-order valence-corrected chi connectivity index (χ1v) is 11.7. The Balaban J connectivity index is 2.21. The third kappa shape index (κ3) is 4.56. The Morgan fingerprint density at radius 1 is 1.16 bits per heavy atom. The molecule has 1 unspecified atom stereocenters. The number of aromatic nitrogens is 1. The quantitative estimate of drug-likeness (QED) is 0.470. The molecule has 1 aromatic heterocycles. The van der Waals surface area contributed by atoms with Gasteiger partial charge in [0.05, 0.1) is 18.1 Å². The highest BCUT2D eigenvalue weighted by molar-refractivity contribution is 7.93. The van der Waals surface area contributed by atoms with E-state index in [2.05, 4.69) is 5.16 Å². The Bertz CT molecular complexity index is 1190. The van der Waals surface area contributed by atoms with Gasteiger partial charge in [-0.05, 0) is 50.5 Å². The molecular formula is C23H28N2O6S. The van der Waals surface area contributed by atoms with Gasteiger partial charge in [-0.2, -0.15) is 0 Å². The highest BCUT2D eigenvalue weighted by atomic mass is 32.2. The molecule has 172 valence electrons. The van der Waals surface area contributed by atoms with Gasteiger partial charge >= 0.3 is 0 Å². The Labute approximate surface area is 188 Å². The van der Waals surface area contributed by atoms with Crippen molar-refractivity contribution in [2.45, 2.75) is 52.0 Å². The van der Waals surface area contributed by atoms with E-state index in [0.717, 1.165) is 9.87 Å². The minimum absolute atomic E-state index is 0.00968. The third-order valence-electron chi connectivity index (χ3n) is 5.21. The summed E-state index contributed by atoms with van der Waals surface area (Å²) in [6, 6.07) is 11.9. The fraction of sp³-hybridized carbons (Fsp3) is 0.348. The van der Waals surface area contributed by atoms with Crippen LogP contribution in [0.15, 0.2) is 51.9 Å². The number of aryl methyl sites for hydroxylation is 1. The number of sulfonamides is 1. The van der Waals surface area contributed by atoms with Gasteiger partial charge in [-0.15, -0.1) is 0 Å². The smallest absolute Gasteiger partial charge is 0.268 e. The predicted octanol–water partition coefficient (Wildman–Crippen LogP) is 3.52. The standard InChI is InChI=1S/C23H28N2O6S/c1-5-30-14-19-12-18(13-26)10-11-20(19)21-8-6-7-9-22(21)32(28,29)25(17(4)27)23-15(2)16(3)31-24-23/h6-12,17,26-27H,5,13-14H2,1-4H3. The first-order valence-electron chi connectivity index (χ1n) is 10.3. The van der Waals surface area contributed by atoms with E-state index in [1.165, 1.54) is 13.0 Å². The summed E-state index contributed by atoms with van der Waals surface area (Å²) < 4.78 is 39.2. The molecule has 0 radical (unpaired) electrons. The molecule has 3 aromatic rings. The summed E-state index contributed by atoms with van der Waals surface area (Å²) in [4.78, 5) is 0.00968. The third-order valence-corrected chi connectivity index (χ3v) is 7.12. The lowest BCUT2D eigenvalue weighted by molar-refractivity contribution is 0.134. The minimum atomic E-state index is -4.22. The van der Waals surface area contributed by atoms with Crippen molar-refractivity contribution in [2.24, 2.45) is 0 Å². The monoisotopic (exact) mass is 460 g/mol. The van der Waals surface area contributed by atoms with Gasteiger partial charge in [-0.25, -0.2) is 12.7 Å². The molecule has 0 fully saturated rings. The van der Waals surface area contributed by atoms with Crippen molar-refractivity contribution in [3.05, 3.63) is 64.9 Å². The molecule has 3 rings (SSSR count). The highest BCUT2D eigenvalue weighted by Crippen LogP contribution is 2.36. The van der Waals surface area contributed by atoms with Gasteiger partial charge in [-0.3, -0.25) is 0 Å². The van der Waals surface area contributed by atoms with Gasteiger partial charge in [-0.1, -0.05) is 41.6 Å². The van der Waals surface area contributed by atoms with Gasteiger partial charge in [0, 0.05) is 17.7 Å². The van der Waals surface area contributed by atoms with E-state index < -0.39 is 16.3 Å². The molecule has 0 spiro atoms. The van der Waals surface area contributed by atoms with E-state index in [-0.39, 0.29) is 23.9 Å². The Hall–Kier alpha value is -2.72. The number of aliphatic hydroxyl groups is 2. The molecule has 0 bridgehead atoms. The van der Waals surface area contributed by atoms with Crippen molar-refractivity contribution >= 4 is 15.8 Å². The summed E-state index contributed by atoms with van der Waals surface area (Å²) in [6.07, 6.45) is -1.38. The number of rotatable bonds is 9. The van der Waals surface area contributed by atoms with E-state index in [1.54, 1.807) is 50.2 Å². The van der Waals surface area contributed by atoms with Crippen molar-refractivity contribution in [1.29, 1.82) is 0 Å². The summed E-state index contributed by atoms with van der Waals surface area (Å²) in [5.41, 5.74) is 3.08. The van der Waals surface area contributed by atoms with Crippen LogP contribution < -0.4 is 4.31 Å². The number of benzene rings is 2. The molecule has 0 amide bonds. The molecule has 2 aromatic carbocycles. The van der Waals surface area contributed by atoms with Crippen molar-refractivity contribution < 1.29 is 27.9 Å². The van der Waals surface area contributed by atoms with E-state index in [4.69, 9.17) is 9.26 Å². The van der Waals surface area contributed by atoms with Crippen LogP contribution in [-0.2, 0) is 28.0 Å². The first-order chi connectivity index (χ1) is 15.2. The zero-order valence-corrected chi connectivity index (χ0v) is 19.4. The average molecular weight is 461 g/mol. The van der Waals surface area contributed by atoms with Crippen LogP contribution in [0.1, 0.15) is 36.3 Å². The maximum Gasteiger partial charge on any atom is 0.268 e. The average Bonchev–Trinajstić information content (AvgIpc) is 3.09. The van der Waals surface area contributed by atoms with Crippen LogP contribution in [0.5, 0.6) is 0 Å². The normalized spacial score (nSPS) is 12.7. The van der Waals surface area contributed by atoms with E-state index in [0.29, 0.717) is 34.6 Å². The number of ether oxygens (including phenoxy) is 1. The Morgan fingerprint density at radius 2 is 1.88 bits per heavy atom. The summed E-state index contributed by atoms with van der Waals surface area (Å²) in [7, 11) is -4.22. The van der Waals surface area contributed by atoms with Crippen LogP contribution in [0.25, 0.3) is 11.1 Å². The van der Waals surface area contributed by atoms with Gasteiger partial charge in [0.25, 0.3) is 10.0 Å². The van der Waals surface area contributed by atoms with Gasteiger partial charge in [0.15, 0.2) is 5.82 Å². The van der Waals surface area contributed by atoms with E-state index in [1.807, 2.05) is 6.92 Å². The van der Waals surface area contributed by atoms with E-state index >= 15 is 0 Å². The first kappa shape index (κ1) is 23.9. The van der Waals surface area contributed by atoms with Crippen LogP contribution >= 0.6 is 0 Å². The Morgan fingerprint density at radius 3 is 2.47 bits per heavy atom. The molecule has 0 aliphatic heterocycles. The molecule has 0 saturated carbocycles. The second-order valence-electron chi connectivity index (χ2n) is 7.40. The molecule has 1 heterocycles. The molecule has 9 heteroatoms. The maximum atomic E-state index is 13.8. The molecule has 0 saturated heterocycles. The zero-order chi connectivity index (χ0) is 23.5. The zero-order valence-electron chi connectivity index (χ0n) is 18.6. The second kappa shape index (κ2) is 9.83. The van der Waals surface area contributed by atoms with Gasteiger partial charge in [0.2, 0.25) is 0 Å². The molecule has 0 aliphatic rings. The number of hydrogen-bond acceptors (Lipinski definition) is 7. The number of aliphatic hydroxyl groups excluding tert-OH is 2. The predicted molar refractivity (Wildman–Crippen MR) is 120 cm³/mol. The van der Waals surface area contributed by atoms with Gasteiger partial charge < -0.3 is 19.5 Å². The number of hydrogen-bond donors (Lipinski definition) is 2. The summed E-state index contributed by atoms with van der Waals surface area (Å²) in [6.45, 7) is 7.21. The molecule has 8 nitrogen and oxygen atoms in total. The van der Waals surface area contributed by atoms with Crippen molar-refractivity contribution in [2.75, 3.05) is 10.9 Å².